The summed E-state index contributed by atoms with van der Waals surface area (Å²) in [6, 6.07) is 12.3. The van der Waals surface area contributed by atoms with Gasteiger partial charge in [0.2, 0.25) is 5.91 Å². The minimum absolute atomic E-state index is 0.0536. The molecule has 30 heavy (non-hydrogen) atoms. The number of carbonyl (C=O) groups excluding carboxylic acids is 3. The van der Waals surface area contributed by atoms with E-state index < -0.39 is 0 Å². The van der Waals surface area contributed by atoms with Crippen molar-refractivity contribution in [3.05, 3.63) is 64.2 Å². The van der Waals surface area contributed by atoms with Gasteiger partial charge >= 0.3 is 0 Å². The number of rotatable bonds is 4. The molecule has 0 saturated carbocycles. The van der Waals surface area contributed by atoms with Crippen molar-refractivity contribution >= 4 is 35.0 Å². The van der Waals surface area contributed by atoms with Crippen LogP contribution in [0.1, 0.15) is 39.1 Å². The van der Waals surface area contributed by atoms with Crippen LogP contribution in [0, 0.1) is 12.8 Å². The molecule has 0 spiro atoms. The molecule has 1 aliphatic rings. The van der Waals surface area contributed by atoms with E-state index in [-0.39, 0.29) is 28.7 Å². The molecule has 1 N–H and O–H groups in total. The number of hydrogen-bond donors (Lipinski definition) is 1. The van der Waals surface area contributed by atoms with Gasteiger partial charge in [-0.3, -0.25) is 14.4 Å². The highest BCUT2D eigenvalue weighted by Crippen LogP contribution is 2.24. The molecule has 0 radical (unpaired) electrons. The second-order valence-corrected chi connectivity index (χ2v) is 8.25. The summed E-state index contributed by atoms with van der Waals surface area (Å²) in [5, 5.41) is 3.15. The number of nitrogens with zero attached hydrogens (tertiary/aromatic N) is 2. The zero-order chi connectivity index (χ0) is 21.8. The van der Waals surface area contributed by atoms with E-state index >= 15 is 0 Å². The van der Waals surface area contributed by atoms with Crippen molar-refractivity contribution in [2.75, 3.05) is 32.5 Å². The summed E-state index contributed by atoms with van der Waals surface area (Å²) < 4.78 is 0. The van der Waals surface area contributed by atoms with Crippen molar-refractivity contribution < 1.29 is 14.4 Å². The molecule has 1 heterocycles. The average Bonchev–Trinajstić information content (AvgIpc) is 2.73. The molecule has 0 bridgehead atoms. The predicted octanol–water partition coefficient (Wildman–Crippen LogP) is 3.84. The van der Waals surface area contributed by atoms with Gasteiger partial charge in [-0.25, -0.2) is 0 Å². The summed E-state index contributed by atoms with van der Waals surface area (Å²) in [7, 11) is 3.31. The van der Waals surface area contributed by atoms with E-state index in [2.05, 4.69) is 5.32 Å². The number of carbonyl (C=O) groups is 3. The fourth-order valence-corrected chi connectivity index (χ4v) is 3.77. The Hall–Kier alpha value is -2.86. The highest BCUT2D eigenvalue weighted by atomic mass is 35.5. The SMILES string of the molecule is Cc1ccc(C(=O)N2CCCC(C(=O)Nc3ccc(C(=O)N(C)C)c(Cl)c3)C2)cc1. The highest BCUT2D eigenvalue weighted by molar-refractivity contribution is 6.34. The lowest BCUT2D eigenvalue weighted by Gasteiger charge is -2.32. The Labute approximate surface area is 181 Å². The van der Waals surface area contributed by atoms with Crippen molar-refractivity contribution in [1.29, 1.82) is 0 Å². The van der Waals surface area contributed by atoms with Crippen LogP contribution in [0.2, 0.25) is 5.02 Å². The van der Waals surface area contributed by atoms with Crippen molar-refractivity contribution in [2.24, 2.45) is 5.92 Å². The first-order valence-corrected chi connectivity index (χ1v) is 10.3. The van der Waals surface area contributed by atoms with E-state index in [0.29, 0.717) is 36.3 Å². The smallest absolute Gasteiger partial charge is 0.254 e. The van der Waals surface area contributed by atoms with E-state index in [1.54, 1.807) is 37.2 Å². The summed E-state index contributed by atoms with van der Waals surface area (Å²) in [5.41, 5.74) is 2.64. The lowest BCUT2D eigenvalue weighted by atomic mass is 9.96. The Morgan fingerprint density at radius 1 is 1.10 bits per heavy atom. The van der Waals surface area contributed by atoms with Gasteiger partial charge in [0.15, 0.2) is 0 Å². The molecule has 2 aromatic rings. The van der Waals surface area contributed by atoms with Crippen LogP contribution in [0.15, 0.2) is 42.5 Å². The molecule has 6 nitrogen and oxygen atoms in total. The van der Waals surface area contributed by atoms with Crippen LogP contribution < -0.4 is 5.32 Å². The van der Waals surface area contributed by atoms with E-state index in [4.69, 9.17) is 11.6 Å². The van der Waals surface area contributed by atoms with E-state index in [1.165, 1.54) is 4.90 Å². The van der Waals surface area contributed by atoms with Crippen LogP contribution in [0.5, 0.6) is 0 Å². The molecule has 0 aliphatic carbocycles. The first kappa shape index (κ1) is 21.8. The number of piperidine rings is 1. The number of hydrogen-bond acceptors (Lipinski definition) is 3. The maximum absolute atomic E-state index is 12.8. The molecule has 1 unspecified atom stereocenters. The third-order valence-corrected chi connectivity index (χ3v) is 5.56. The monoisotopic (exact) mass is 427 g/mol. The molecular formula is C23H26ClN3O3. The molecule has 2 aromatic carbocycles. The van der Waals surface area contributed by atoms with Crippen LogP contribution in [-0.2, 0) is 4.79 Å². The molecule has 158 valence electrons. The third-order valence-electron chi connectivity index (χ3n) is 5.25. The number of likely N-dealkylation sites (tertiary alicyclic amines) is 1. The van der Waals surface area contributed by atoms with Gasteiger partial charge in [-0.05, 0) is 50.1 Å². The quantitative estimate of drug-likeness (QED) is 0.805. The summed E-state index contributed by atoms with van der Waals surface area (Å²) in [4.78, 5) is 40.9. The number of nitrogens with one attached hydrogen (secondary N) is 1. The fourth-order valence-electron chi connectivity index (χ4n) is 3.51. The molecule has 1 atom stereocenters. The van der Waals surface area contributed by atoms with Gasteiger partial charge in [-0.15, -0.1) is 0 Å². The second-order valence-electron chi connectivity index (χ2n) is 7.84. The van der Waals surface area contributed by atoms with Gasteiger partial charge in [0.25, 0.3) is 11.8 Å². The Morgan fingerprint density at radius 2 is 1.80 bits per heavy atom. The van der Waals surface area contributed by atoms with Crippen LogP contribution in [-0.4, -0.2) is 54.7 Å². The molecule has 1 saturated heterocycles. The van der Waals surface area contributed by atoms with E-state index in [9.17, 15) is 14.4 Å². The molecule has 3 amide bonds. The number of benzene rings is 2. The van der Waals surface area contributed by atoms with Crippen LogP contribution in [0.3, 0.4) is 0 Å². The number of amides is 3. The van der Waals surface area contributed by atoms with Gasteiger partial charge in [-0.1, -0.05) is 29.3 Å². The van der Waals surface area contributed by atoms with Gasteiger partial charge in [0, 0.05) is 38.4 Å². The van der Waals surface area contributed by atoms with Crippen molar-refractivity contribution in [3.8, 4) is 0 Å². The minimum Gasteiger partial charge on any atom is -0.345 e. The maximum atomic E-state index is 12.8. The van der Waals surface area contributed by atoms with Crippen molar-refractivity contribution in [2.45, 2.75) is 19.8 Å². The minimum atomic E-state index is -0.296. The van der Waals surface area contributed by atoms with E-state index in [1.807, 2.05) is 31.2 Å². The maximum Gasteiger partial charge on any atom is 0.254 e. The Bertz CT molecular complexity index is 957. The van der Waals surface area contributed by atoms with Gasteiger partial charge in [0.1, 0.15) is 0 Å². The topological polar surface area (TPSA) is 69.7 Å². The molecule has 3 rings (SSSR count). The molecule has 7 heteroatoms. The lowest BCUT2D eigenvalue weighted by molar-refractivity contribution is -0.121. The van der Waals surface area contributed by atoms with Crippen LogP contribution in [0.25, 0.3) is 0 Å². The Balaban J connectivity index is 1.65. The second kappa shape index (κ2) is 9.30. The Kier molecular flexibility index (Phi) is 6.77. The summed E-state index contributed by atoms with van der Waals surface area (Å²) in [6.07, 6.45) is 1.49. The zero-order valence-electron chi connectivity index (χ0n) is 17.4. The molecule has 0 aromatic heterocycles. The standard InChI is InChI=1S/C23H26ClN3O3/c1-15-6-8-16(9-7-15)22(29)27-12-4-5-17(14-27)21(28)25-18-10-11-19(20(24)13-18)23(30)26(2)3/h6-11,13,17H,4-5,12,14H2,1-3H3,(H,25,28). The predicted molar refractivity (Wildman–Crippen MR) is 118 cm³/mol. The summed E-state index contributed by atoms with van der Waals surface area (Å²) in [5.74, 6) is -0.702. The first-order valence-electron chi connectivity index (χ1n) is 9.94. The molecule has 1 fully saturated rings. The average molecular weight is 428 g/mol. The largest absolute Gasteiger partial charge is 0.345 e. The lowest BCUT2D eigenvalue weighted by Crippen LogP contribution is -2.43. The van der Waals surface area contributed by atoms with Crippen LogP contribution >= 0.6 is 11.6 Å². The van der Waals surface area contributed by atoms with Gasteiger partial charge in [-0.2, -0.15) is 0 Å². The number of anilines is 1. The van der Waals surface area contributed by atoms with Gasteiger partial charge in [0.05, 0.1) is 16.5 Å². The van der Waals surface area contributed by atoms with Crippen molar-refractivity contribution in [1.82, 2.24) is 9.80 Å². The Morgan fingerprint density at radius 3 is 2.43 bits per heavy atom. The highest BCUT2D eigenvalue weighted by Gasteiger charge is 2.29. The number of aryl methyl sites for hydroxylation is 1. The summed E-state index contributed by atoms with van der Waals surface area (Å²) >= 11 is 6.23. The first-order chi connectivity index (χ1) is 14.3. The normalized spacial score (nSPS) is 16.1. The fraction of sp³-hybridized carbons (Fsp3) is 0.348. The number of halogens is 1. The molecule has 1 aliphatic heterocycles. The summed E-state index contributed by atoms with van der Waals surface area (Å²) in [6.45, 7) is 3.00. The molecular weight excluding hydrogens is 402 g/mol. The van der Waals surface area contributed by atoms with Crippen LogP contribution in [0.4, 0.5) is 5.69 Å². The van der Waals surface area contributed by atoms with E-state index in [0.717, 1.165) is 12.0 Å². The van der Waals surface area contributed by atoms with Gasteiger partial charge < -0.3 is 15.1 Å². The third kappa shape index (κ3) is 5.00. The zero-order valence-corrected chi connectivity index (χ0v) is 18.2. The van der Waals surface area contributed by atoms with Crippen molar-refractivity contribution in [3.63, 3.8) is 0 Å².